The fourth-order valence-corrected chi connectivity index (χ4v) is 5.82. The Labute approximate surface area is 211 Å². The van der Waals surface area contributed by atoms with E-state index in [2.05, 4.69) is 44.5 Å². The maximum absolute atomic E-state index is 13.4. The van der Waals surface area contributed by atoms with Gasteiger partial charge in [-0.05, 0) is 87.7 Å². The number of aryl methyl sites for hydroxylation is 1. The van der Waals surface area contributed by atoms with Crippen molar-refractivity contribution < 1.29 is 9.21 Å². The summed E-state index contributed by atoms with van der Waals surface area (Å²) in [6, 6.07) is 16.7. The van der Waals surface area contributed by atoms with Crippen molar-refractivity contribution in [3.8, 4) is 11.5 Å². The zero-order chi connectivity index (χ0) is 24.5. The van der Waals surface area contributed by atoms with Crippen molar-refractivity contribution in [3.63, 3.8) is 0 Å². The van der Waals surface area contributed by atoms with Crippen LogP contribution in [0.4, 0.5) is 0 Å². The van der Waals surface area contributed by atoms with Crippen LogP contribution >= 0.6 is 0 Å². The lowest BCUT2D eigenvalue weighted by molar-refractivity contribution is -0.138. The van der Waals surface area contributed by atoms with E-state index in [4.69, 9.17) is 9.40 Å². The van der Waals surface area contributed by atoms with Crippen LogP contribution in [-0.4, -0.2) is 56.4 Å². The van der Waals surface area contributed by atoms with Crippen molar-refractivity contribution in [1.82, 2.24) is 24.3 Å². The van der Waals surface area contributed by atoms with Crippen LogP contribution in [0.5, 0.6) is 0 Å². The van der Waals surface area contributed by atoms with Gasteiger partial charge in [-0.3, -0.25) is 14.7 Å². The van der Waals surface area contributed by atoms with E-state index in [0.717, 1.165) is 86.7 Å². The minimum absolute atomic E-state index is 0.135. The third-order valence-corrected chi connectivity index (χ3v) is 7.78. The standard InChI is InChI=1S/C29H33N5O2/c1-21-7-8-27-26(19-21)31-28(25-6-2-3-13-30-25)34(27)23-11-16-33(17-12-23)29(35)22-9-14-32(15-10-22)20-24-5-4-18-36-24/h2-8,13,18-19,22-23H,9-12,14-17,20H2,1H3. The van der Waals surface area contributed by atoms with Crippen molar-refractivity contribution >= 4 is 16.9 Å². The van der Waals surface area contributed by atoms with Gasteiger partial charge in [0.15, 0.2) is 5.82 Å². The van der Waals surface area contributed by atoms with E-state index in [1.807, 2.05) is 36.5 Å². The second kappa shape index (κ2) is 9.90. The molecule has 0 aliphatic carbocycles. The molecule has 3 aromatic heterocycles. The first-order chi connectivity index (χ1) is 17.7. The molecular weight excluding hydrogens is 450 g/mol. The highest BCUT2D eigenvalue weighted by molar-refractivity contribution is 5.81. The lowest BCUT2D eigenvalue weighted by atomic mass is 9.93. The Morgan fingerprint density at radius 2 is 1.83 bits per heavy atom. The Bertz CT molecular complexity index is 1310. The second-order valence-electron chi connectivity index (χ2n) is 10.2. The Kier molecular flexibility index (Phi) is 6.32. The Hall–Kier alpha value is -3.45. The number of aromatic nitrogens is 3. The highest BCUT2D eigenvalue weighted by Crippen LogP contribution is 2.34. The summed E-state index contributed by atoms with van der Waals surface area (Å²) in [5.41, 5.74) is 4.26. The number of hydrogen-bond donors (Lipinski definition) is 0. The molecule has 6 rings (SSSR count). The van der Waals surface area contributed by atoms with Gasteiger partial charge in [-0.2, -0.15) is 0 Å². The number of nitrogens with zero attached hydrogens (tertiary/aromatic N) is 5. The number of carbonyl (C=O) groups is 1. The molecule has 0 atom stereocenters. The number of piperidine rings is 2. The molecule has 2 aliphatic heterocycles. The maximum Gasteiger partial charge on any atom is 0.225 e. The van der Waals surface area contributed by atoms with Crippen LogP contribution in [0.3, 0.4) is 0 Å². The van der Waals surface area contributed by atoms with Crippen LogP contribution in [0.2, 0.25) is 0 Å². The predicted molar refractivity (Wildman–Crippen MR) is 139 cm³/mol. The first-order valence-corrected chi connectivity index (χ1v) is 13.1. The van der Waals surface area contributed by atoms with Gasteiger partial charge in [0.05, 0.1) is 23.8 Å². The number of carbonyl (C=O) groups excluding carboxylic acids is 1. The fourth-order valence-electron chi connectivity index (χ4n) is 5.82. The number of amides is 1. The summed E-state index contributed by atoms with van der Waals surface area (Å²) < 4.78 is 7.86. The van der Waals surface area contributed by atoms with Gasteiger partial charge in [0, 0.05) is 31.2 Å². The quantitative estimate of drug-likeness (QED) is 0.396. The van der Waals surface area contributed by atoms with Crippen LogP contribution in [0, 0.1) is 12.8 Å². The van der Waals surface area contributed by atoms with Crippen molar-refractivity contribution in [3.05, 3.63) is 72.3 Å². The van der Waals surface area contributed by atoms with E-state index in [1.54, 1.807) is 6.26 Å². The first kappa shape index (κ1) is 23.0. The number of likely N-dealkylation sites (tertiary alicyclic amines) is 2. The molecule has 0 bridgehead atoms. The average molecular weight is 484 g/mol. The molecule has 0 spiro atoms. The van der Waals surface area contributed by atoms with Gasteiger partial charge < -0.3 is 13.9 Å². The molecule has 2 fully saturated rings. The minimum atomic E-state index is 0.135. The van der Waals surface area contributed by atoms with E-state index in [0.29, 0.717) is 11.9 Å². The summed E-state index contributed by atoms with van der Waals surface area (Å²) in [5, 5.41) is 0. The number of pyridine rings is 1. The molecule has 0 saturated carbocycles. The summed E-state index contributed by atoms with van der Waals surface area (Å²) in [5.74, 6) is 2.39. The molecule has 5 heterocycles. The molecule has 2 saturated heterocycles. The maximum atomic E-state index is 13.4. The number of fused-ring (bicyclic) bond motifs is 1. The Morgan fingerprint density at radius 3 is 2.56 bits per heavy atom. The van der Waals surface area contributed by atoms with E-state index in [9.17, 15) is 4.79 Å². The van der Waals surface area contributed by atoms with Gasteiger partial charge in [-0.15, -0.1) is 0 Å². The number of imidazole rings is 1. The van der Waals surface area contributed by atoms with E-state index in [1.165, 1.54) is 5.56 Å². The first-order valence-electron chi connectivity index (χ1n) is 13.1. The minimum Gasteiger partial charge on any atom is -0.468 e. The molecule has 0 unspecified atom stereocenters. The SMILES string of the molecule is Cc1ccc2c(c1)nc(-c1ccccn1)n2C1CCN(C(=O)C2CCN(Cc3ccco3)CC2)CC1. The summed E-state index contributed by atoms with van der Waals surface area (Å²) in [4.78, 5) is 27.4. The zero-order valence-electron chi connectivity index (χ0n) is 20.8. The highest BCUT2D eigenvalue weighted by Gasteiger charge is 2.32. The van der Waals surface area contributed by atoms with Gasteiger partial charge in [-0.1, -0.05) is 12.1 Å². The largest absolute Gasteiger partial charge is 0.468 e. The molecule has 0 N–H and O–H groups in total. The highest BCUT2D eigenvalue weighted by atomic mass is 16.3. The van der Waals surface area contributed by atoms with Crippen molar-refractivity contribution in [2.75, 3.05) is 26.2 Å². The molecule has 7 nitrogen and oxygen atoms in total. The lowest BCUT2D eigenvalue weighted by Gasteiger charge is -2.37. The molecule has 0 radical (unpaired) electrons. The predicted octanol–water partition coefficient (Wildman–Crippen LogP) is 5.08. The van der Waals surface area contributed by atoms with Crippen LogP contribution in [-0.2, 0) is 11.3 Å². The van der Waals surface area contributed by atoms with Gasteiger partial charge in [0.2, 0.25) is 5.91 Å². The summed E-state index contributed by atoms with van der Waals surface area (Å²) in [6.07, 6.45) is 7.27. The van der Waals surface area contributed by atoms with Crippen LogP contribution in [0.25, 0.3) is 22.6 Å². The molecule has 7 heteroatoms. The number of furan rings is 1. The molecule has 2 aliphatic rings. The van der Waals surface area contributed by atoms with Crippen LogP contribution < -0.4 is 0 Å². The molecule has 1 amide bonds. The molecule has 4 aromatic rings. The lowest BCUT2D eigenvalue weighted by Crippen LogP contribution is -2.45. The van der Waals surface area contributed by atoms with E-state index in [-0.39, 0.29) is 5.92 Å². The van der Waals surface area contributed by atoms with Crippen molar-refractivity contribution in [1.29, 1.82) is 0 Å². The van der Waals surface area contributed by atoms with Gasteiger partial charge in [0.25, 0.3) is 0 Å². The van der Waals surface area contributed by atoms with Gasteiger partial charge in [-0.25, -0.2) is 4.98 Å². The summed E-state index contributed by atoms with van der Waals surface area (Å²) in [6.45, 7) is 6.41. The fraction of sp³-hybridized carbons (Fsp3) is 0.414. The average Bonchev–Trinajstić information content (AvgIpc) is 3.57. The normalized spacial score (nSPS) is 18.2. The van der Waals surface area contributed by atoms with E-state index >= 15 is 0 Å². The van der Waals surface area contributed by atoms with Gasteiger partial charge >= 0.3 is 0 Å². The molecule has 186 valence electrons. The molecule has 1 aromatic carbocycles. The molecule has 36 heavy (non-hydrogen) atoms. The Morgan fingerprint density at radius 1 is 1.00 bits per heavy atom. The third kappa shape index (κ3) is 4.55. The summed E-state index contributed by atoms with van der Waals surface area (Å²) in [7, 11) is 0. The smallest absolute Gasteiger partial charge is 0.225 e. The third-order valence-electron chi connectivity index (χ3n) is 7.78. The number of hydrogen-bond acceptors (Lipinski definition) is 5. The van der Waals surface area contributed by atoms with Crippen LogP contribution in [0.1, 0.15) is 43.0 Å². The Balaban J connectivity index is 1.13. The van der Waals surface area contributed by atoms with Crippen molar-refractivity contribution in [2.45, 2.75) is 45.2 Å². The van der Waals surface area contributed by atoms with Crippen molar-refractivity contribution in [2.24, 2.45) is 5.92 Å². The monoisotopic (exact) mass is 483 g/mol. The summed E-state index contributed by atoms with van der Waals surface area (Å²) >= 11 is 0. The van der Waals surface area contributed by atoms with Gasteiger partial charge in [0.1, 0.15) is 11.5 Å². The second-order valence-corrected chi connectivity index (χ2v) is 10.2. The topological polar surface area (TPSA) is 67.4 Å². The number of rotatable bonds is 5. The number of benzene rings is 1. The molecular formula is C29H33N5O2. The zero-order valence-corrected chi connectivity index (χ0v) is 20.8. The van der Waals surface area contributed by atoms with E-state index < -0.39 is 0 Å². The van der Waals surface area contributed by atoms with Crippen LogP contribution in [0.15, 0.2) is 65.4 Å².